The molecule has 0 bridgehead atoms. The molecule has 6 atom stereocenters. The lowest BCUT2D eigenvalue weighted by atomic mass is 9.84. The maximum Gasteiger partial charge on any atom is 0.315 e. The van der Waals surface area contributed by atoms with Gasteiger partial charge >= 0.3 is 6.03 Å². The number of amides is 3. The van der Waals surface area contributed by atoms with Gasteiger partial charge in [0.15, 0.2) is 11.6 Å². The Labute approximate surface area is 337 Å². The van der Waals surface area contributed by atoms with E-state index in [1.165, 1.54) is 4.31 Å². The van der Waals surface area contributed by atoms with Gasteiger partial charge in [0.1, 0.15) is 6.04 Å². The van der Waals surface area contributed by atoms with Crippen LogP contribution in [-0.2, 0) is 48.6 Å². The Bertz CT molecular complexity index is 2020. The molecule has 2 fully saturated rings. The van der Waals surface area contributed by atoms with E-state index >= 15 is 4.79 Å². The highest BCUT2D eigenvalue weighted by molar-refractivity contribution is 7.89. The summed E-state index contributed by atoms with van der Waals surface area (Å²) >= 11 is 0. The maximum atomic E-state index is 15.0. The summed E-state index contributed by atoms with van der Waals surface area (Å²) in [4.78, 5) is 71.7. The Morgan fingerprint density at radius 1 is 0.982 bits per heavy atom. The number of benzene rings is 2. The van der Waals surface area contributed by atoms with Gasteiger partial charge in [-0.3, -0.25) is 19.2 Å². The Hall–Kier alpha value is -4.60. The van der Waals surface area contributed by atoms with Gasteiger partial charge in [0.05, 0.1) is 10.9 Å². The maximum absolute atomic E-state index is 15.0. The second-order valence-corrected chi connectivity index (χ2v) is 19.3. The van der Waals surface area contributed by atoms with Crippen LogP contribution in [0.2, 0.25) is 0 Å². The largest absolute Gasteiger partial charge is 0.334 e. The van der Waals surface area contributed by atoms with Crippen molar-refractivity contribution >= 4 is 39.3 Å². The Kier molecular flexibility index (Phi) is 12.9. The lowest BCUT2D eigenvalue weighted by Crippen LogP contribution is -2.60. The minimum atomic E-state index is -3.76. The number of hydrogen-bond donors (Lipinski definition) is 2. The van der Waals surface area contributed by atoms with Crippen LogP contribution in [0.3, 0.4) is 0 Å². The number of rotatable bonds is 16. The van der Waals surface area contributed by atoms with Gasteiger partial charge in [0.25, 0.3) is 0 Å². The number of allylic oxidation sites excluding steroid dienone is 1. The van der Waals surface area contributed by atoms with Crippen molar-refractivity contribution in [3.63, 3.8) is 0 Å². The van der Waals surface area contributed by atoms with Gasteiger partial charge in [-0.1, -0.05) is 75.7 Å². The van der Waals surface area contributed by atoms with Crippen LogP contribution in [-0.4, -0.2) is 78.1 Å². The Morgan fingerprint density at radius 2 is 1.65 bits per heavy atom. The van der Waals surface area contributed by atoms with Gasteiger partial charge < -0.3 is 15.5 Å². The van der Waals surface area contributed by atoms with Gasteiger partial charge in [0.2, 0.25) is 21.7 Å². The zero-order valence-corrected chi connectivity index (χ0v) is 34.2. The predicted molar refractivity (Wildman–Crippen MR) is 217 cm³/mol. The van der Waals surface area contributed by atoms with Crippen molar-refractivity contribution in [2.24, 2.45) is 29.1 Å². The topological polar surface area (TPSA) is 150 Å². The number of carbonyl (C=O) groups is 5. The number of fused-ring (bicyclic) bond motifs is 3. The van der Waals surface area contributed by atoms with Crippen LogP contribution in [0.4, 0.5) is 4.79 Å². The molecule has 304 valence electrons. The van der Waals surface area contributed by atoms with E-state index in [0.29, 0.717) is 31.4 Å². The molecular formula is C45H56N4O7S. The summed E-state index contributed by atoms with van der Waals surface area (Å²) in [5.74, 6) is -0.421. The summed E-state index contributed by atoms with van der Waals surface area (Å²) in [6, 6.07) is 11.8. The van der Waals surface area contributed by atoms with Crippen molar-refractivity contribution < 1.29 is 32.4 Å². The van der Waals surface area contributed by atoms with Crippen molar-refractivity contribution in [2.45, 2.75) is 115 Å². The molecule has 1 saturated heterocycles. The molecule has 11 nitrogen and oxygen atoms in total. The Balaban J connectivity index is 1.25. The Morgan fingerprint density at radius 3 is 2.28 bits per heavy atom. The van der Waals surface area contributed by atoms with E-state index in [1.54, 1.807) is 35.2 Å². The SMILES string of the molecule is C#CCCC(CC(=O)[C@@H]1[C@H]2CCC[C@H]2CN1C(=O)[C@@H](NC(=O)N[C@H](CN1Cc2ccccc2S1(=O)=O)C(C)(C)C)C1Cc2ccccc2C1)C(=O)C(=O)CCC=C. The third-order valence-corrected chi connectivity index (χ3v) is 14.5. The third-order valence-electron chi connectivity index (χ3n) is 12.6. The lowest BCUT2D eigenvalue weighted by Gasteiger charge is -2.36. The fourth-order valence-electron chi connectivity index (χ4n) is 9.41. The molecule has 2 heterocycles. The molecule has 12 heteroatoms. The number of nitrogens with one attached hydrogen (secondary N) is 2. The minimum Gasteiger partial charge on any atom is -0.334 e. The van der Waals surface area contributed by atoms with E-state index in [0.717, 1.165) is 30.4 Å². The average molecular weight is 797 g/mol. The number of ketones is 3. The highest BCUT2D eigenvalue weighted by Gasteiger charge is 2.52. The molecule has 3 amide bonds. The van der Waals surface area contributed by atoms with Crippen molar-refractivity contribution in [1.29, 1.82) is 0 Å². The zero-order valence-electron chi connectivity index (χ0n) is 33.4. The average Bonchev–Trinajstić information content (AvgIpc) is 3.95. The van der Waals surface area contributed by atoms with E-state index in [9.17, 15) is 27.6 Å². The molecule has 2 aromatic rings. The molecular weight excluding hydrogens is 741 g/mol. The predicted octanol–water partition coefficient (Wildman–Crippen LogP) is 5.41. The smallest absolute Gasteiger partial charge is 0.315 e. The summed E-state index contributed by atoms with van der Waals surface area (Å²) in [7, 11) is -3.76. The molecule has 4 aliphatic rings. The number of carbonyl (C=O) groups excluding carboxylic acids is 5. The molecule has 57 heavy (non-hydrogen) atoms. The first-order valence-corrected chi connectivity index (χ1v) is 21.7. The molecule has 2 aliphatic heterocycles. The number of nitrogens with zero attached hydrogens (tertiary/aromatic N) is 2. The number of sulfonamides is 1. The van der Waals surface area contributed by atoms with Crippen molar-refractivity contribution in [3.8, 4) is 12.3 Å². The summed E-state index contributed by atoms with van der Waals surface area (Å²) in [6.45, 7) is 10.0. The van der Waals surface area contributed by atoms with Gasteiger partial charge in [-0.2, -0.15) is 4.31 Å². The van der Waals surface area contributed by atoms with Crippen LogP contribution >= 0.6 is 0 Å². The quantitative estimate of drug-likeness (QED) is 0.131. The van der Waals surface area contributed by atoms with Gasteiger partial charge in [-0.05, 0) is 84.5 Å². The van der Waals surface area contributed by atoms with Crippen molar-refractivity contribution in [1.82, 2.24) is 19.8 Å². The molecule has 1 saturated carbocycles. The standard InChI is InChI=1S/C45H56N4O7S/c1-6-8-15-31(42(52)36(50)21-9-7-2)25-37(51)41-35-20-14-19-32(35)27-49(41)43(53)40(34-23-29-16-10-11-17-30(29)24-34)47-44(54)46-39(45(3,4)5)28-48-26-33-18-12-13-22-38(33)57(48,55)56/h1,7,10-13,16-18,22,31-32,34-35,39-41H,2,8-9,14-15,19-21,23-28H2,3-5H3,(H2,46,47,54)/t31?,32-,35-,39+,40-,41-/m0/s1. The fraction of sp³-hybridized carbons (Fsp3) is 0.533. The van der Waals surface area contributed by atoms with E-state index < -0.39 is 57.1 Å². The number of likely N-dealkylation sites (tertiary alicyclic amines) is 1. The number of terminal acetylenes is 1. The van der Waals surface area contributed by atoms with E-state index in [-0.39, 0.29) is 73.1 Å². The normalized spacial score (nSPS) is 22.7. The number of urea groups is 1. The van der Waals surface area contributed by atoms with Crippen LogP contribution in [0, 0.1) is 41.4 Å². The molecule has 1 unspecified atom stereocenters. The molecule has 2 N–H and O–H groups in total. The van der Waals surface area contributed by atoms with Crippen molar-refractivity contribution in [2.75, 3.05) is 13.1 Å². The highest BCUT2D eigenvalue weighted by Crippen LogP contribution is 2.44. The van der Waals surface area contributed by atoms with Crippen LogP contribution in [0.25, 0.3) is 0 Å². The van der Waals surface area contributed by atoms with Crippen LogP contribution < -0.4 is 10.6 Å². The number of Topliss-reactive ketones (excluding diaryl/α,β-unsaturated/α-hetero) is 3. The monoisotopic (exact) mass is 796 g/mol. The first kappa shape index (κ1) is 42.0. The summed E-state index contributed by atoms with van der Waals surface area (Å²) in [6.07, 6.45) is 11.4. The first-order valence-electron chi connectivity index (χ1n) is 20.3. The van der Waals surface area contributed by atoms with Gasteiger partial charge in [0, 0.05) is 50.9 Å². The first-order chi connectivity index (χ1) is 27.1. The molecule has 2 aliphatic carbocycles. The number of hydrogen-bond acceptors (Lipinski definition) is 7. The third kappa shape index (κ3) is 9.10. The zero-order chi connectivity index (χ0) is 41.1. The second-order valence-electron chi connectivity index (χ2n) is 17.4. The van der Waals surface area contributed by atoms with Gasteiger partial charge in [-0.15, -0.1) is 18.9 Å². The summed E-state index contributed by atoms with van der Waals surface area (Å²) < 4.78 is 28.4. The molecule has 0 aromatic heterocycles. The van der Waals surface area contributed by atoms with Crippen LogP contribution in [0.15, 0.2) is 66.1 Å². The molecule has 0 radical (unpaired) electrons. The van der Waals surface area contributed by atoms with Crippen molar-refractivity contribution in [3.05, 3.63) is 77.9 Å². The fourth-order valence-corrected chi connectivity index (χ4v) is 11.1. The van der Waals surface area contributed by atoms with E-state index in [4.69, 9.17) is 6.42 Å². The van der Waals surface area contributed by atoms with Crippen LogP contribution in [0.1, 0.15) is 88.8 Å². The highest BCUT2D eigenvalue weighted by atomic mass is 32.2. The molecule has 6 rings (SSSR count). The summed E-state index contributed by atoms with van der Waals surface area (Å²) in [5.41, 5.74) is 2.33. The molecule has 2 aromatic carbocycles. The van der Waals surface area contributed by atoms with E-state index in [2.05, 4.69) is 23.1 Å². The minimum absolute atomic E-state index is 0.0125. The molecule has 0 spiro atoms. The van der Waals surface area contributed by atoms with Crippen LogP contribution in [0.5, 0.6) is 0 Å². The van der Waals surface area contributed by atoms with Gasteiger partial charge in [-0.25, -0.2) is 13.2 Å². The summed E-state index contributed by atoms with van der Waals surface area (Å²) in [5, 5.41) is 6.07. The lowest BCUT2D eigenvalue weighted by molar-refractivity contribution is -0.143. The second kappa shape index (κ2) is 17.5. The van der Waals surface area contributed by atoms with E-state index in [1.807, 2.05) is 45.0 Å².